The second-order valence-corrected chi connectivity index (χ2v) is 6.53. The SMILES string of the molecule is CCN1CCN(c2cc(C(=O)NC3CCCC3)nc(C)n2)CC1. The van der Waals surface area contributed by atoms with Crippen molar-refractivity contribution in [1.29, 1.82) is 0 Å². The number of hydrogen-bond donors (Lipinski definition) is 1. The molecule has 0 unspecified atom stereocenters. The Hall–Kier alpha value is -1.69. The lowest BCUT2D eigenvalue weighted by Crippen LogP contribution is -2.46. The van der Waals surface area contributed by atoms with Crippen LogP contribution >= 0.6 is 0 Å². The number of nitrogens with zero attached hydrogens (tertiary/aromatic N) is 4. The van der Waals surface area contributed by atoms with Gasteiger partial charge in [-0.3, -0.25) is 4.79 Å². The van der Waals surface area contributed by atoms with Crippen molar-refractivity contribution in [2.75, 3.05) is 37.6 Å². The van der Waals surface area contributed by atoms with Crippen molar-refractivity contribution in [3.8, 4) is 0 Å². The zero-order valence-corrected chi connectivity index (χ0v) is 14.2. The molecule has 1 aromatic rings. The molecule has 1 aliphatic carbocycles. The molecule has 1 saturated heterocycles. The fourth-order valence-electron chi connectivity index (χ4n) is 3.45. The number of carbonyl (C=O) groups excluding carboxylic acids is 1. The second kappa shape index (κ2) is 7.25. The molecule has 3 rings (SSSR count). The molecule has 6 nitrogen and oxygen atoms in total. The highest BCUT2D eigenvalue weighted by molar-refractivity contribution is 5.93. The zero-order valence-electron chi connectivity index (χ0n) is 14.2. The first-order valence-corrected chi connectivity index (χ1v) is 8.79. The van der Waals surface area contributed by atoms with Crippen LogP contribution in [0.4, 0.5) is 5.82 Å². The lowest BCUT2D eigenvalue weighted by molar-refractivity contribution is 0.0932. The standard InChI is InChI=1S/C17H27N5O/c1-3-21-8-10-22(11-9-21)16-12-15(18-13(2)19-16)17(23)20-14-6-4-5-7-14/h12,14H,3-11H2,1-2H3,(H,20,23). The van der Waals surface area contributed by atoms with Gasteiger partial charge in [0.25, 0.3) is 5.91 Å². The van der Waals surface area contributed by atoms with Gasteiger partial charge >= 0.3 is 0 Å². The number of amides is 1. The van der Waals surface area contributed by atoms with Gasteiger partial charge in [0, 0.05) is 38.3 Å². The van der Waals surface area contributed by atoms with E-state index in [1.807, 2.05) is 13.0 Å². The van der Waals surface area contributed by atoms with E-state index >= 15 is 0 Å². The summed E-state index contributed by atoms with van der Waals surface area (Å²) >= 11 is 0. The predicted octanol–water partition coefficient (Wildman–Crippen LogP) is 1.60. The summed E-state index contributed by atoms with van der Waals surface area (Å²) in [4.78, 5) is 26.0. The molecule has 0 spiro atoms. The molecule has 126 valence electrons. The first-order chi connectivity index (χ1) is 11.2. The maximum absolute atomic E-state index is 12.5. The highest BCUT2D eigenvalue weighted by Gasteiger charge is 2.22. The summed E-state index contributed by atoms with van der Waals surface area (Å²) < 4.78 is 0. The van der Waals surface area contributed by atoms with Gasteiger partial charge in [0.1, 0.15) is 17.3 Å². The van der Waals surface area contributed by atoms with Gasteiger partial charge in [-0.05, 0) is 26.3 Å². The molecular formula is C17H27N5O. The predicted molar refractivity (Wildman–Crippen MR) is 90.8 cm³/mol. The molecule has 2 aliphatic rings. The molecule has 0 radical (unpaired) electrons. The van der Waals surface area contributed by atoms with Crippen LogP contribution in [0.25, 0.3) is 0 Å². The third-order valence-electron chi connectivity index (χ3n) is 4.89. The molecule has 6 heteroatoms. The van der Waals surface area contributed by atoms with Gasteiger partial charge in [0.05, 0.1) is 0 Å². The molecule has 1 amide bonds. The number of likely N-dealkylation sites (N-methyl/N-ethyl adjacent to an activating group) is 1. The molecule has 0 bridgehead atoms. The minimum atomic E-state index is -0.0594. The van der Waals surface area contributed by atoms with Crippen molar-refractivity contribution in [2.45, 2.75) is 45.6 Å². The van der Waals surface area contributed by atoms with Gasteiger partial charge in [0.15, 0.2) is 0 Å². The van der Waals surface area contributed by atoms with Crippen molar-refractivity contribution < 1.29 is 4.79 Å². The molecule has 1 aliphatic heterocycles. The van der Waals surface area contributed by atoms with Gasteiger partial charge in [-0.1, -0.05) is 19.8 Å². The summed E-state index contributed by atoms with van der Waals surface area (Å²) in [6.07, 6.45) is 4.59. The number of carbonyl (C=O) groups is 1. The number of aromatic nitrogens is 2. The van der Waals surface area contributed by atoms with Crippen molar-refractivity contribution in [3.63, 3.8) is 0 Å². The highest BCUT2D eigenvalue weighted by Crippen LogP contribution is 2.19. The summed E-state index contributed by atoms with van der Waals surface area (Å²) in [5.74, 6) is 1.48. The maximum atomic E-state index is 12.5. The number of piperazine rings is 1. The van der Waals surface area contributed by atoms with E-state index in [1.54, 1.807) is 0 Å². The topological polar surface area (TPSA) is 61.4 Å². The molecule has 0 atom stereocenters. The minimum absolute atomic E-state index is 0.0594. The van der Waals surface area contributed by atoms with Crippen LogP contribution in [0.3, 0.4) is 0 Å². The smallest absolute Gasteiger partial charge is 0.270 e. The molecule has 2 heterocycles. The van der Waals surface area contributed by atoms with E-state index in [2.05, 4.69) is 32.0 Å². The summed E-state index contributed by atoms with van der Waals surface area (Å²) in [6, 6.07) is 2.16. The van der Waals surface area contributed by atoms with E-state index in [0.29, 0.717) is 17.6 Å². The summed E-state index contributed by atoms with van der Waals surface area (Å²) in [7, 11) is 0. The Balaban J connectivity index is 1.70. The first-order valence-electron chi connectivity index (χ1n) is 8.79. The first kappa shape index (κ1) is 16.2. The van der Waals surface area contributed by atoms with Crippen LogP contribution in [0.2, 0.25) is 0 Å². The monoisotopic (exact) mass is 317 g/mol. The molecule has 1 N–H and O–H groups in total. The second-order valence-electron chi connectivity index (χ2n) is 6.53. The summed E-state index contributed by atoms with van der Waals surface area (Å²) in [6.45, 7) is 9.13. The quantitative estimate of drug-likeness (QED) is 0.914. The van der Waals surface area contributed by atoms with Gasteiger partial charge < -0.3 is 15.1 Å². The third-order valence-corrected chi connectivity index (χ3v) is 4.89. The van der Waals surface area contributed by atoms with Crippen LogP contribution in [0.5, 0.6) is 0 Å². The minimum Gasteiger partial charge on any atom is -0.354 e. The van der Waals surface area contributed by atoms with Crippen LogP contribution in [-0.2, 0) is 0 Å². The maximum Gasteiger partial charge on any atom is 0.270 e. The highest BCUT2D eigenvalue weighted by atomic mass is 16.1. The summed E-state index contributed by atoms with van der Waals surface area (Å²) in [5.41, 5.74) is 0.498. The third kappa shape index (κ3) is 3.99. The van der Waals surface area contributed by atoms with Gasteiger partial charge in [-0.2, -0.15) is 0 Å². The zero-order chi connectivity index (χ0) is 16.2. The fraction of sp³-hybridized carbons (Fsp3) is 0.706. The number of nitrogens with one attached hydrogen (secondary N) is 1. The molecule has 23 heavy (non-hydrogen) atoms. The van der Waals surface area contributed by atoms with Crippen molar-refractivity contribution in [1.82, 2.24) is 20.2 Å². The van der Waals surface area contributed by atoms with Crippen LogP contribution in [0, 0.1) is 6.92 Å². The molecule has 1 aromatic heterocycles. The van der Waals surface area contributed by atoms with E-state index in [1.165, 1.54) is 12.8 Å². The van der Waals surface area contributed by atoms with Crippen molar-refractivity contribution in [2.24, 2.45) is 0 Å². The average molecular weight is 317 g/mol. The largest absolute Gasteiger partial charge is 0.354 e. The Labute approximate surface area is 138 Å². The van der Waals surface area contributed by atoms with Crippen LogP contribution in [-0.4, -0.2) is 59.5 Å². The number of rotatable bonds is 4. The number of aryl methyl sites for hydroxylation is 1. The van der Waals surface area contributed by atoms with E-state index < -0.39 is 0 Å². The molecule has 2 fully saturated rings. The van der Waals surface area contributed by atoms with Gasteiger partial charge in [-0.25, -0.2) is 9.97 Å². The molecule has 0 aromatic carbocycles. The van der Waals surface area contributed by atoms with Gasteiger partial charge in [-0.15, -0.1) is 0 Å². The van der Waals surface area contributed by atoms with E-state index in [-0.39, 0.29) is 5.91 Å². The molecular weight excluding hydrogens is 290 g/mol. The van der Waals surface area contributed by atoms with E-state index in [4.69, 9.17) is 0 Å². The van der Waals surface area contributed by atoms with Crippen LogP contribution in [0.1, 0.15) is 48.9 Å². The average Bonchev–Trinajstić information content (AvgIpc) is 3.07. The Bertz CT molecular complexity index is 548. The summed E-state index contributed by atoms with van der Waals surface area (Å²) in [5, 5.41) is 3.11. The van der Waals surface area contributed by atoms with Crippen LogP contribution < -0.4 is 10.2 Å². The lowest BCUT2D eigenvalue weighted by atomic mass is 10.2. The Morgan fingerprint density at radius 1 is 1.22 bits per heavy atom. The number of anilines is 1. The van der Waals surface area contributed by atoms with E-state index in [9.17, 15) is 4.79 Å². The number of hydrogen-bond acceptors (Lipinski definition) is 5. The lowest BCUT2D eigenvalue weighted by Gasteiger charge is -2.34. The van der Waals surface area contributed by atoms with Crippen LogP contribution in [0.15, 0.2) is 6.07 Å². The Morgan fingerprint density at radius 3 is 2.57 bits per heavy atom. The van der Waals surface area contributed by atoms with E-state index in [0.717, 1.165) is 51.4 Å². The fourth-order valence-corrected chi connectivity index (χ4v) is 3.45. The Kier molecular flexibility index (Phi) is 5.10. The normalized spacial score (nSPS) is 20.0. The van der Waals surface area contributed by atoms with Crippen molar-refractivity contribution >= 4 is 11.7 Å². The van der Waals surface area contributed by atoms with Gasteiger partial charge in [0.2, 0.25) is 0 Å². The van der Waals surface area contributed by atoms with Crippen molar-refractivity contribution in [3.05, 3.63) is 17.6 Å². The molecule has 1 saturated carbocycles. The Morgan fingerprint density at radius 2 is 1.91 bits per heavy atom.